The van der Waals surface area contributed by atoms with Gasteiger partial charge in [-0.1, -0.05) is 18.2 Å². The van der Waals surface area contributed by atoms with Crippen LogP contribution in [-0.2, 0) is 7.05 Å². The predicted molar refractivity (Wildman–Crippen MR) is 84.9 cm³/mol. The van der Waals surface area contributed by atoms with Crippen molar-refractivity contribution in [3.8, 4) is 0 Å². The fourth-order valence-corrected chi connectivity index (χ4v) is 2.43. The van der Waals surface area contributed by atoms with Gasteiger partial charge in [-0.25, -0.2) is 0 Å². The number of rotatable bonds is 3. The molecule has 2 rings (SSSR count). The summed E-state index contributed by atoms with van der Waals surface area (Å²) in [5.74, 6) is -0.248. The van der Waals surface area contributed by atoms with E-state index in [-0.39, 0.29) is 17.0 Å². The summed E-state index contributed by atoms with van der Waals surface area (Å²) in [6.07, 6.45) is 0. The molecule has 110 valence electrons. The van der Waals surface area contributed by atoms with Gasteiger partial charge in [-0.2, -0.15) is 0 Å². The van der Waals surface area contributed by atoms with Gasteiger partial charge in [0.25, 0.3) is 11.5 Å². The Morgan fingerprint density at radius 3 is 2.38 bits per heavy atom. The number of hydrogen-bond acceptors (Lipinski definition) is 2. The molecular formula is C17H20N2O2. The minimum Gasteiger partial charge on any atom is -0.315 e. The van der Waals surface area contributed by atoms with Crippen LogP contribution in [0.15, 0.2) is 41.2 Å². The van der Waals surface area contributed by atoms with Crippen LogP contribution >= 0.6 is 0 Å². The quantitative estimate of drug-likeness (QED) is 0.869. The number of aryl methyl sites for hydroxylation is 2. The highest BCUT2D eigenvalue weighted by Crippen LogP contribution is 2.17. The zero-order valence-corrected chi connectivity index (χ0v) is 12.9. The molecule has 0 N–H and O–H groups in total. The summed E-state index contributed by atoms with van der Waals surface area (Å²) in [4.78, 5) is 26.8. The van der Waals surface area contributed by atoms with Gasteiger partial charge in [0.05, 0.1) is 0 Å². The van der Waals surface area contributed by atoms with E-state index in [0.717, 1.165) is 16.9 Å². The van der Waals surface area contributed by atoms with E-state index >= 15 is 0 Å². The largest absolute Gasteiger partial charge is 0.315 e. The number of para-hydroxylation sites is 1. The van der Waals surface area contributed by atoms with E-state index in [2.05, 4.69) is 0 Å². The van der Waals surface area contributed by atoms with E-state index in [4.69, 9.17) is 0 Å². The van der Waals surface area contributed by atoms with Gasteiger partial charge < -0.3 is 9.47 Å². The number of carbonyl (C=O) groups excluding carboxylic acids is 1. The lowest BCUT2D eigenvalue weighted by Crippen LogP contribution is -2.37. The van der Waals surface area contributed by atoms with Crippen molar-refractivity contribution >= 4 is 11.6 Å². The highest BCUT2D eigenvalue weighted by Gasteiger charge is 2.22. The van der Waals surface area contributed by atoms with E-state index < -0.39 is 0 Å². The van der Waals surface area contributed by atoms with Crippen LogP contribution in [0.1, 0.15) is 28.5 Å². The van der Waals surface area contributed by atoms with Crippen molar-refractivity contribution in [1.29, 1.82) is 0 Å². The molecule has 0 saturated carbocycles. The number of hydrogen-bond donors (Lipinski definition) is 0. The van der Waals surface area contributed by atoms with Crippen LogP contribution in [0.25, 0.3) is 0 Å². The molecule has 0 aliphatic carbocycles. The second-order valence-corrected chi connectivity index (χ2v) is 5.09. The molecule has 0 aliphatic rings. The Kier molecular flexibility index (Phi) is 4.26. The number of amides is 1. The molecule has 0 atom stereocenters. The van der Waals surface area contributed by atoms with Gasteiger partial charge in [0, 0.05) is 25.0 Å². The number of anilines is 1. The van der Waals surface area contributed by atoms with Crippen molar-refractivity contribution in [2.45, 2.75) is 20.8 Å². The van der Waals surface area contributed by atoms with Crippen molar-refractivity contribution < 1.29 is 4.79 Å². The van der Waals surface area contributed by atoms with Gasteiger partial charge in [0.15, 0.2) is 0 Å². The van der Waals surface area contributed by atoms with Gasteiger partial charge in [0.1, 0.15) is 5.56 Å². The monoisotopic (exact) mass is 284 g/mol. The Balaban J connectivity index is 2.54. The van der Waals surface area contributed by atoms with Crippen LogP contribution in [-0.4, -0.2) is 17.0 Å². The number of carbonyl (C=O) groups is 1. The molecule has 0 spiro atoms. The molecule has 1 heterocycles. The average molecular weight is 284 g/mol. The Morgan fingerprint density at radius 2 is 1.81 bits per heavy atom. The Hall–Kier alpha value is -2.36. The molecule has 4 nitrogen and oxygen atoms in total. The van der Waals surface area contributed by atoms with Crippen molar-refractivity contribution in [2.24, 2.45) is 7.05 Å². The summed E-state index contributed by atoms with van der Waals surface area (Å²) < 4.78 is 1.51. The molecule has 2 aromatic rings. The Labute approximate surface area is 124 Å². The molecule has 1 aromatic heterocycles. The van der Waals surface area contributed by atoms with E-state index in [1.165, 1.54) is 4.57 Å². The van der Waals surface area contributed by atoms with Crippen LogP contribution < -0.4 is 10.5 Å². The molecular weight excluding hydrogens is 264 g/mol. The first-order valence-corrected chi connectivity index (χ1v) is 7.01. The van der Waals surface area contributed by atoms with Gasteiger partial charge in [-0.05, 0) is 44.5 Å². The first-order chi connectivity index (χ1) is 9.97. The van der Waals surface area contributed by atoms with Crippen LogP contribution in [0.2, 0.25) is 0 Å². The summed E-state index contributed by atoms with van der Waals surface area (Å²) in [5, 5.41) is 0. The maximum absolute atomic E-state index is 12.8. The number of benzene rings is 1. The molecule has 0 bridgehead atoms. The number of pyridine rings is 1. The zero-order chi connectivity index (χ0) is 15.6. The van der Waals surface area contributed by atoms with Crippen LogP contribution in [0.4, 0.5) is 5.69 Å². The highest BCUT2D eigenvalue weighted by atomic mass is 16.2. The maximum atomic E-state index is 12.8. The minimum atomic E-state index is -0.248. The van der Waals surface area contributed by atoms with Crippen LogP contribution in [0.3, 0.4) is 0 Å². The third kappa shape index (κ3) is 2.75. The van der Waals surface area contributed by atoms with Crippen LogP contribution in [0, 0.1) is 13.8 Å². The second kappa shape index (κ2) is 5.95. The molecule has 21 heavy (non-hydrogen) atoms. The first kappa shape index (κ1) is 15.0. The molecule has 0 fully saturated rings. The molecule has 0 radical (unpaired) electrons. The molecule has 0 unspecified atom stereocenters. The van der Waals surface area contributed by atoms with E-state index in [0.29, 0.717) is 6.54 Å². The maximum Gasteiger partial charge on any atom is 0.264 e. The summed E-state index contributed by atoms with van der Waals surface area (Å²) in [5.41, 5.74) is 2.36. The van der Waals surface area contributed by atoms with Gasteiger partial charge in [-0.3, -0.25) is 9.59 Å². The third-order valence-electron chi connectivity index (χ3n) is 3.71. The predicted octanol–water partition coefficient (Wildman–Crippen LogP) is 2.67. The molecule has 1 aromatic carbocycles. The average Bonchev–Trinajstić information content (AvgIpc) is 2.47. The summed E-state index contributed by atoms with van der Waals surface area (Å²) in [6, 6.07) is 11.3. The van der Waals surface area contributed by atoms with Gasteiger partial charge >= 0.3 is 0 Å². The summed E-state index contributed by atoms with van der Waals surface area (Å²) >= 11 is 0. The lowest BCUT2D eigenvalue weighted by atomic mass is 10.1. The van der Waals surface area contributed by atoms with Crippen molar-refractivity contribution in [2.75, 3.05) is 11.4 Å². The summed E-state index contributed by atoms with van der Waals surface area (Å²) in [7, 11) is 1.69. The lowest BCUT2D eigenvalue weighted by Gasteiger charge is -2.22. The summed E-state index contributed by atoms with van der Waals surface area (Å²) in [6.45, 7) is 6.08. The first-order valence-electron chi connectivity index (χ1n) is 7.01. The van der Waals surface area contributed by atoms with Crippen LogP contribution in [0.5, 0.6) is 0 Å². The van der Waals surface area contributed by atoms with E-state index in [1.54, 1.807) is 18.9 Å². The topological polar surface area (TPSA) is 42.3 Å². The number of aromatic nitrogens is 1. The van der Waals surface area contributed by atoms with Crippen molar-refractivity contribution in [3.63, 3.8) is 0 Å². The smallest absolute Gasteiger partial charge is 0.264 e. The SMILES string of the molecule is CCN(C(=O)c1c(C)cc(C)n(C)c1=O)c1ccccc1. The Bertz CT molecular complexity index is 718. The molecule has 4 heteroatoms. The van der Waals surface area contributed by atoms with Gasteiger partial charge in [0.2, 0.25) is 0 Å². The van der Waals surface area contributed by atoms with E-state index in [9.17, 15) is 9.59 Å². The van der Waals surface area contributed by atoms with Crippen molar-refractivity contribution in [3.05, 3.63) is 63.6 Å². The molecule has 0 saturated heterocycles. The third-order valence-corrected chi connectivity index (χ3v) is 3.71. The normalized spacial score (nSPS) is 10.5. The lowest BCUT2D eigenvalue weighted by molar-refractivity contribution is 0.0985. The second-order valence-electron chi connectivity index (χ2n) is 5.09. The zero-order valence-electron chi connectivity index (χ0n) is 12.9. The molecule has 0 aliphatic heterocycles. The minimum absolute atomic E-state index is 0.244. The highest BCUT2D eigenvalue weighted by molar-refractivity contribution is 6.06. The number of nitrogens with zero attached hydrogens (tertiary/aromatic N) is 2. The van der Waals surface area contributed by atoms with E-state index in [1.807, 2.05) is 50.2 Å². The standard InChI is InChI=1S/C17H20N2O2/c1-5-19(14-9-7-6-8-10-14)17(21)15-12(2)11-13(3)18(4)16(15)20/h6-11H,5H2,1-4H3. The fourth-order valence-electron chi connectivity index (χ4n) is 2.43. The molecule has 1 amide bonds. The Morgan fingerprint density at radius 1 is 1.19 bits per heavy atom. The fraction of sp³-hybridized carbons (Fsp3) is 0.294. The van der Waals surface area contributed by atoms with Gasteiger partial charge in [-0.15, -0.1) is 0 Å². The van der Waals surface area contributed by atoms with Crippen molar-refractivity contribution in [1.82, 2.24) is 4.57 Å².